The van der Waals surface area contributed by atoms with Crippen LogP contribution in [0.2, 0.25) is 0 Å². The zero-order chi connectivity index (χ0) is 8.55. The van der Waals surface area contributed by atoms with Crippen LogP contribution >= 0.6 is 15.9 Å². The van der Waals surface area contributed by atoms with Gasteiger partial charge in [0.15, 0.2) is 5.82 Å². The molecule has 0 aliphatic carbocycles. The number of halogens is 2. The molecule has 0 aliphatic heterocycles. The SMILES string of the molecule is Fc1cccc2ncc(Br)nc12. The lowest BCUT2D eigenvalue weighted by molar-refractivity contribution is 0.636. The van der Waals surface area contributed by atoms with Gasteiger partial charge in [0.05, 0.1) is 11.7 Å². The molecule has 0 unspecified atom stereocenters. The molecule has 0 radical (unpaired) electrons. The first-order chi connectivity index (χ1) is 5.77. The van der Waals surface area contributed by atoms with Crippen molar-refractivity contribution in [3.05, 3.63) is 34.8 Å². The van der Waals surface area contributed by atoms with E-state index in [0.29, 0.717) is 15.6 Å². The maximum absolute atomic E-state index is 13.0. The summed E-state index contributed by atoms with van der Waals surface area (Å²) >= 11 is 3.13. The second-order valence-corrected chi connectivity index (χ2v) is 3.11. The molecule has 1 aromatic heterocycles. The molecule has 0 N–H and O–H groups in total. The Hall–Kier alpha value is -1.03. The Morgan fingerprint density at radius 3 is 3.00 bits per heavy atom. The van der Waals surface area contributed by atoms with E-state index in [1.807, 2.05) is 0 Å². The Labute approximate surface area is 76.6 Å². The van der Waals surface area contributed by atoms with E-state index in [4.69, 9.17) is 0 Å². The Kier molecular flexibility index (Phi) is 1.77. The molecule has 0 bridgehead atoms. The van der Waals surface area contributed by atoms with Gasteiger partial charge in [-0.15, -0.1) is 0 Å². The number of fused-ring (bicyclic) bond motifs is 1. The quantitative estimate of drug-likeness (QED) is 0.691. The number of hydrogen-bond donors (Lipinski definition) is 0. The first-order valence-corrected chi connectivity index (χ1v) is 4.13. The van der Waals surface area contributed by atoms with E-state index in [9.17, 15) is 4.39 Å². The van der Waals surface area contributed by atoms with Crippen molar-refractivity contribution in [3.63, 3.8) is 0 Å². The summed E-state index contributed by atoms with van der Waals surface area (Å²) in [5.74, 6) is -0.346. The highest BCUT2D eigenvalue weighted by Crippen LogP contribution is 2.15. The predicted octanol–water partition coefficient (Wildman–Crippen LogP) is 2.53. The fourth-order valence-corrected chi connectivity index (χ4v) is 1.26. The summed E-state index contributed by atoms with van der Waals surface area (Å²) in [6.07, 6.45) is 1.54. The lowest BCUT2D eigenvalue weighted by atomic mass is 10.3. The summed E-state index contributed by atoms with van der Waals surface area (Å²) in [5, 5.41) is 0. The third kappa shape index (κ3) is 1.18. The fraction of sp³-hybridized carbons (Fsp3) is 0. The minimum Gasteiger partial charge on any atom is -0.252 e. The van der Waals surface area contributed by atoms with Crippen LogP contribution in [-0.4, -0.2) is 9.97 Å². The van der Waals surface area contributed by atoms with Crippen molar-refractivity contribution in [1.82, 2.24) is 9.97 Å². The van der Waals surface area contributed by atoms with Crippen LogP contribution in [0.15, 0.2) is 29.0 Å². The summed E-state index contributed by atoms with van der Waals surface area (Å²) in [6, 6.07) is 4.70. The molecule has 0 spiro atoms. The van der Waals surface area contributed by atoms with Gasteiger partial charge in [-0.05, 0) is 28.1 Å². The number of rotatable bonds is 0. The molecular formula is C8H4BrFN2. The zero-order valence-corrected chi connectivity index (χ0v) is 7.55. The van der Waals surface area contributed by atoms with Crippen molar-refractivity contribution < 1.29 is 4.39 Å². The van der Waals surface area contributed by atoms with Gasteiger partial charge in [0.2, 0.25) is 0 Å². The average molecular weight is 227 g/mol. The van der Waals surface area contributed by atoms with Gasteiger partial charge >= 0.3 is 0 Å². The lowest BCUT2D eigenvalue weighted by Crippen LogP contribution is -1.87. The molecule has 0 amide bonds. The summed E-state index contributed by atoms with van der Waals surface area (Å²) < 4.78 is 13.6. The van der Waals surface area contributed by atoms with Crippen molar-refractivity contribution in [2.45, 2.75) is 0 Å². The fourth-order valence-electron chi connectivity index (χ4n) is 0.977. The van der Waals surface area contributed by atoms with Crippen molar-refractivity contribution in [1.29, 1.82) is 0 Å². The van der Waals surface area contributed by atoms with E-state index in [2.05, 4.69) is 25.9 Å². The van der Waals surface area contributed by atoms with Crippen LogP contribution in [0.1, 0.15) is 0 Å². The topological polar surface area (TPSA) is 25.8 Å². The second-order valence-electron chi connectivity index (χ2n) is 2.30. The predicted molar refractivity (Wildman–Crippen MR) is 47.2 cm³/mol. The normalized spacial score (nSPS) is 10.5. The molecule has 0 atom stereocenters. The first kappa shape index (κ1) is 7.61. The Balaban J connectivity index is 2.88. The third-order valence-corrected chi connectivity index (χ3v) is 1.88. The van der Waals surface area contributed by atoms with E-state index in [-0.39, 0.29) is 5.82 Å². The Bertz CT molecular complexity index is 430. The molecule has 2 rings (SSSR count). The number of para-hydroxylation sites is 1. The smallest absolute Gasteiger partial charge is 0.151 e. The first-order valence-electron chi connectivity index (χ1n) is 3.34. The summed E-state index contributed by atoms with van der Waals surface area (Å²) in [5.41, 5.74) is 0.866. The minimum absolute atomic E-state index is 0.298. The van der Waals surface area contributed by atoms with E-state index in [1.54, 1.807) is 18.3 Å². The average Bonchev–Trinajstić information content (AvgIpc) is 2.07. The molecule has 2 nitrogen and oxygen atoms in total. The number of hydrogen-bond acceptors (Lipinski definition) is 2. The summed E-state index contributed by atoms with van der Waals surface area (Å²) in [7, 11) is 0. The van der Waals surface area contributed by atoms with E-state index < -0.39 is 0 Å². The van der Waals surface area contributed by atoms with Crippen LogP contribution in [0.4, 0.5) is 4.39 Å². The molecular weight excluding hydrogens is 223 g/mol. The van der Waals surface area contributed by atoms with Crippen LogP contribution in [0.3, 0.4) is 0 Å². The van der Waals surface area contributed by atoms with Gasteiger partial charge in [-0.3, -0.25) is 4.98 Å². The monoisotopic (exact) mass is 226 g/mol. The maximum atomic E-state index is 13.0. The summed E-state index contributed by atoms with van der Waals surface area (Å²) in [4.78, 5) is 7.95. The van der Waals surface area contributed by atoms with Gasteiger partial charge in [-0.25, -0.2) is 9.37 Å². The molecule has 12 heavy (non-hydrogen) atoms. The largest absolute Gasteiger partial charge is 0.252 e. The molecule has 1 heterocycles. The van der Waals surface area contributed by atoms with Crippen molar-refractivity contribution >= 4 is 27.0 Å². The molecule has 0 saturated carbocycles. The highest BCUT2D eigenvalue weighted by atomic mass is 79.9. The Morgan fingerprint density at radius 2 is 2.17 bits per heavy atom. The van der Waals surface area contributed by atoms with Gasteiger partial charge in [0, 0.05) is 0 Å². The molecule has 0 saturated heterocycles. The lowest BCUT2D eigenvalue weighted by Gasteiger charge is -1.96. The maximum Gasteiger partial charge on any atom is 0.151 e. The van der Waals surface area contributed by atoms with Crippen LogP contribution in [0.25, 0.3) is 11.0 Å². The van der Waals surface area contributed by atoms with E-state index in [1.165, 1.54) is 6.07 Å². The Morgan fingerprint density at radius 1 is 1.33 bits per heavy atom. The zero-order valence-electron chi connectivity index (χ0n) is 5.96. The van der Waals surface area contributed by atoms with Gasteiger partial charge in [0.25, 0.3) is 0 Å². The molecule has 1 aromatic carbocycles. The van der Waals surface area contributed by atoms with E-state index >= 15 is 0 Å². The molecule has 2 aromatic rings. The summed E-state index contributed by atoms with van der Waals surface area (Å²) in [6.45, 7) is 0. The standard InChI is InChI=1S/C8H4BrFN2/c9-7-4-11-6-3-1-2-5(10)8(6)12-7/h1-4H. The van der Waals surface area contributed by atoms with Crippen molar-refractivity contribution in [2.75, 3.05) is 0 Å². The second kappa shape index (κ2) is 2.79. The van der Waals surface area contributed by atoms with Gasteiger partial charge in [-0.1, -0.05) is 6.07 Å². The van der Waals surface area contributed by atoms with E-state index in [0.717, 1.165) is 0 Å². The van der Waals surface area contributed by atoms with Gasteiger partial charge < -0.3 is 0 Å². The molecule has 4 heteroatoms. The molecule has 60 valence electrons. The van der Waals surface area contributed by atoms with Crippen LogP contribution < -0.4 is 0 Å². The molecule has 0 aliphatic rings. The van der Waals surface area contributed by atoms with Gasteiger partial charge in [0.1, 0.15) is 10.1 Å². The van der Waals surface area contributed by atoms with Crippen LogP contribution in [0.5, 0.6) is 0 Å². The van der Waals surface area contributed by atoms with Gasteiger partial charge in [-0.2, -0.15) is 0 Å². The highest BCUT2D eigenvalue weighted by Gasteiger charge is 2.01. The number of nitrogens with zero attached hydrogens (tertiary/aromatic N) is 2. The van der Waals surface area contributed by atoms with Crippen molar-refractivity contribution in [3.8, 4) is 0 Å². The van der Waals surface area contributed by atoms with Crippen LogP contribution in [0, 0.1) is 5.82 Å². The third-order valence-electron chi connectivity index (χ3n) is 1.49. The number of aromatic nitrogens is 2. The minimum atomic E-state index is -0.346. The van der Waals surface area contributed by atoms with Crippen molar-refractivity contribution in [2.24, 2.45) is 0 Å². The molecule has 0 fully saturated rings. The highest BCUT2D eigenvalue weighted by molar-refractivity contribution is 9.10. The number of benzene rings is 1. The van der Waals surface area contributed by atoms with Crippen LogP contribution in [-0.2, 0) is 0 Å².